The number of aliphatic hydroxyl groups excluding tert-OH is 1. The smallest absolute Gasteiger partial charge is 0.130 e. The zero-order chi connectivity index (χ0) is 12.2. The van der Waals surface area contributed by atoms with Crippen molar-refractivity contribution < 1.29 is 9.90 Å². The van der Waals surface area contributed by atoms with Gasteiger partial charge in [-0.1, -0.05) is 31.9 Å². The number of alkyl halides is 4. The first kappa shape index (κ1) is 24.7. The minimum absolute atomic E-state index is 0.194. The molecule has 0 aromatic rings. The molecule has 1 N–H and O–H groups in total. The topological polar surface area (TPSA) is 37.3 Å². The molecule has 0 fully saturated rings. The predicted molar refractivity (Wildman–Crippen MR) is 77.5 cm³/mol. The molecule has 7 heteroatoms. The van der Waals surface area contributed by atoms with Gasteiger partial charge in [0.05, 0.1) is 17.3 Å². The monoisotopic (exact) mass is 392 g/mol. The van der Waals surface area contributed by atoms with Gasteiger partial charge >= 0.3 is 0 Å². The summed E-state index contributed by atoms with van der Waals surface area (Å²) in [5.41, 5.74) is 0. The molecular weight excluding hydrogens is 378 g/mol. The van der Waals surface area contributed by atoms with Gasteiger partial charge in [0, 0.05) is 5.33 Å². The Morgan fingerprint density at radius 3 is 1.50 bits per heavy atom. The molecule has 90 valence electrons. The second-order valence-corrected chi connectivity index (χ2v) is 4.58. The summed E-state index contributed by atoms with van der Waals surface area (Å²) >= 11 is 15.4. The van der Waals surface area contributed by atoms with Crippen LogP contribution in [0, 0.1) is 0 Å². The highest BCUT2D eigenvalue weighted by Crippen LogP contribution is 1.84. The molecule has 0 bridgehead atoms. The van der Waals surface area contributed by atoms with Crippen LogP contribution < -0.4 is 0 Å². The van der Waals surface area contributed by atoms with E-state index < -0.39 is 0 Å². The third-order valence-corrected chi connectivity index (χ3v) is 0.766. The summed E-state index contributed by atoms with van der Waals surface area (Å²) in [6.07, 6.45) is 0.792. The first-order valence-corrected chi connectivity index (χ1v) is 8.84. The van der Waals surface area contributed by atoms with Gasteiger partial charge in [-0.05, 0) is 13.3 Å². The van der Waals surface area contributed by atoms with Crippen LogP contribution in [0.3, 0.4) is 0 Å². The van der Waals surface area contributed by atoms with E-state index in [-0.39, 0.29) is 11.9 Å². The molecule has 0 atom stereocenters. The Hall–Kier alpha value is 1.60. The molecule has 0 aromatic carbocycles. The molecule has 0 rings (SSSR count). The van der Waals surface area contributed by atoms with Crippen molar-refractivity contribution in [2.24, 2.45) is 0 Å². The Balaban J connectivity index is -0.0000000482. The number of aliphatic hydroxyl groups is 1. The molecule has 0 saturated carbocycles. The van der Waals surface area contributed by atoms with E-state index >= 15 is 0 Å². The van der Waals surface area contributed by atoms with E-state index in [9.17, 15) is 0 Å². The number of carbonyl (C=O) groups excluding carboxylic acids is 1. The van der Waals surface area contributed by atoms with Crippen LogP contribution in [0.25, 0.3) is 0 Å². The summed E-state index contributed by atoms with van der Waals surface area (Å²) in [6, 6.07) is 0. The lowest BCUT2D eigenvalue weighted by Gasteiger charge is -1.67. The van der Waals surface area contributed by atoms with Crippen LogP contribution in [0.4, 0.5) is 0 Å². The molecule has 2 nitrogen and oxygen atoms in total. The maximum Gasteiger partial charge on any atom is 0.130 e. The van der Waals surface area contributed by atoms with Gasteiger partial charge in [-0.3, -0.25) is 0 Å². The zero-order valence-electron chi connectivity index (χ0n) is 8.27. The molecule has 0 amide bonds. The highest BCUT2D eigenvalue weighted by molar-refractivity contribution is 9.09. The van der Waals surface area contributed by atoms with Crippen LogP contribution in [0.2, 0.25) is 0 Å². The molecule has 14 heavy (non-hydrogen) atoms. The van der Waals surface area contributed by atoms with E-state index in [0.29, 0.717) is 10.7 Å². The van der Waals surface area contributed by atoms with Gasteiger partial charge in [0.2, 0.25) is 0 Å². The Labute approximate surface area is 115 Å². The molecule has 0 heterocycles. The fourth-order valence-corrected chi connectivity index (χ4v) is 0. The fourth-order valence-electron chi connectivity index (χ4n) is 0. The highest BCUT2D eigenvalue weighted by atomic mass is 79.9. The summed E-state index contributed by atoms with van der Waals surface area (Å²) in [4.78, 5) is 9.13. The van der Waals surface area contributed by atoms with Crippen LogP contribution in [0.5, 0.6) is 0 Å². The van der Waals surface area contributed by atoms with E-state index in [1.54, 1.807) is 0 Å². The van der Waals surface area contributed by atoms with Crippen molar-refractivity contribution in [2.45, 2.75) is 0 Å². The van der Waals surface area contributed by atoms with E-state index in [2.05, 4.69) is 45.2 Å². The van der Waals surface area contributed by atoms with Crippen molar-refractivity contribution in [3.63, 3.8) is 0 Å². The van der Waals surface area contributed by atoms with Crippen molar-refractivity contribution in [1.29, 1.82) is 0 Å². The predicted octanol–water partition coefficient (Wildman–Crippen LogP) is 3.30. The van der Waals surface area contributed by atoms with E-state index in [4.69, 9.17) is 33.1 Å². The average Bonchev–Trinajstić information content (AvgIpc) is 2.20. The largest absolute Gasteiger partial charge is 0.396 e. The maximum absolute atomic E-state index is 9.13. The fraction of sp³-hybridized carbons (Fsp3) is 0.857. The van der Waals surface area contributed by atoms with E-state index in [1.807, 2.05) is 0 Å². The Morgan fingerprint density at radius 2 is 1.50 bits per heavy atom. The Morgan fingerprint density at radius 1 is 1.36 bits per heavy atom. The number of hydrogen-bond donors (Lipinski definition) is 1. The SMILES string of the molecule is CPC.ClCCl.O=CCBr.OCCBr. The molecule has 0 spiro atoms. The number of hydrogen-bond acceptors (Lipinski definition) is 2. The molecule has 0 aromatic heterocycles. The molecule has 0 aliphatic rings. The summed E-state index contributed by atoms with van der Waals surface area (Å²) in [5, 5.41) is 9.16. The molecular formula is C7H17Br2Cl2O2P. The number of halogens is 4. The lowest BCUT2D eigenvalue weighted by atomic mass is 10.9. The van der Waals surface area contributed by atoms with Crippen molar-refractivity contribution >= 4 is 69.9 Å². The quantitative estimate of drug-likeness (QED) is 0.443. The first-order valence-electron chi connectivity index (χ1n) is 3.53. The van der Waals surface area contributed by atoms with Crippen LogP contribution in [0.15, 0.2) is 0 Å². The maximum atomic E-state index is 9.13. The van der Waals surface area contributed by atoms with Gasteiger partial charge in [-0.2, -0.15) is 0 Å². The van der Waals surface area contributed by atoms with Crippen LogP contribution >= 0.6 is 63.6 Å². The summed E-state index contributed by atoms with van der Waals surface area (Å²) in [5.74, 6) is 0. The Kier molecular flexibility index (Phi) is 82.5. The minimum Gasteiger partial charge on any atom is -0.396 e. The van der Waals surface area contributed by atoms with E-state index in [0.717, 1.165) is 14.9 Å². The van der Waals surface area contributed by atoms with Crippen molar-refractivity contribution in [2.75, 3.05) is 35.9 Å². The molecule has 0 aliphatic carbocycles. The minimum atomic E-state index is 0.194. The standard InChI is InChI=1S/C2H5BrO.C2H3BrO.C2H7P.CH2Cl2/c2*3-1-2-4;1-3-2;2-1-3/h4H,1-2H2;2H,1H2;3H,1-2H3;1H2. The summed E-state index contributed by atoms with van der Waals surface area (Å²) in [6.45, 7) is 4.54. The van der Waals surface area contributed by atoms with E-state index in [1.165, 1.54) is 0 Å². The van der Waals surface area contributed by atoms with Gasteiger partial charge < -0.3 is 9.90 Å². The Bertz CT molecular complexity index is 69.7. The summed E-state index contributed by atoms with van der Waals surface area (Å²) < 4.78 is 0. The van der Waals surface area contributed by atoms with Crippen LogP contribution in [-0.2, 0) is 4.79 Å². The second kappa shape index (κ2) is 46.8. The number of carbonyl (C=O) groups is 1. The van der Waals surface area contributed by atoms with Gasteiger partial charge in [0.1, 0.15) is 6.29 Å². The van der Waals surface area contributed by atoms with Gasteiger partial charge in [-0.15, -0.1) is 31.8 Å². The van der Waals surface area contributed by atoms with Gasteiger partial charge in [0.15, 0.2) is 0 Å². The molecule has 0 saturated heterocycles. The zero-order valence-corrected chi connectivity index (χ0v) is 14.0. The van der Waals surface area contributed by atoms with Crippen molar-refractivity contribution in [1.82, 2.24) is 0 Å². The number of rotatable bonds is 2. The molecule has 0 aliphatic heterocycles. The average molecular weight is 395 g/mol. The lowest BCUT2D eigenvalue weighted by Crippen LogP contribution is -1.75. The second-order valence-electron chi connectivity index (χ2n) is 1.33. The summed E-state index contributed by atoms with van der Waals surface area (Å²) in [7, 11) is 1.08. The molecule has 0 unspecified atom stereocenters. The van der Waals surface area contributed by atoms with Crippen LogP contribution in [-0.4, -0.2) is 47.3 Å². The normalized spacial score (nSPS) is 6.50. The van der Waals surface area contributed by atoms with Crippen molar-refractivity contribution in [3.8, 4) is 0 Å². The van der Waals surface area contributed by atoms with Gasteiger partial charge in [-0.25, -0.2) is 0 Å². The number of aldehydes is 1. The van der Waals surface area contributed by atoms with Crippen molar-refractivity contribution in [3.05, 3.63) is 0 Å². The van der Waals surface area contributed by atoms with Crippen LogP contribution in [0.1, 0.15) is 0 Å². The lowest BCUT2D eigenvalue weighted by molar-refractivity contribution is -0.105. The third-order valence-electron chi connectivity index (χ3n) is 0.148. The third kappa shape index (κ3) is 167. The first-order chi connectivity index (χ1) is 6.66. The molecule has 0 radical (unpaired) electrons. The van der Waals surface area contributed by atoms with Gasteiger partial charge in [0.25, 0.3) is 0 Å². The highest BCUT2D eigenvalue weighted by Gasteiger charge is 1.59.